The van der Waals surface area contributed by atoms with Crippen molar-refractivity contribution in [1.29, 1.82) is 0 Å². The molecular weight excluding hydrogens is 414 g/mol. The first-order valence-electron chi connectivity index (χ1n) is 11.4. The number of carboxylic acids is 1. The first kappa shape index (κ1) is 22.6. The van der Waals surface area contributed by atoms with Gasteiger partial charge in [0.1, 0.15) is 23.0 Å². The van der Waals surface area contributed by atoms with E-state index in [0.29, 0.717) is 31.1 Å². The Bertz CT molecular complexity index is 949. The molecule has 32 heavy (non-hydrogen) atoms. The van der Waals surface area contributed by atoms with E-state index in [9.17, 15) is 14.3 Å². The lowest BCUT2D eigenvalue weighted by atomic mass is 9.76. The topological polar surface area (TPSA) is 55.8 Å². The van der Waals surface area contributed by atoms with Crippen molar-refractivity contribution < 1.29 is 28.2 Å². The quantitative estimate of drug-likeness (QED) is 0.498. The smallest absolute Gasteiger partial charge is 0.303 e. The number of hydrogen-bond acceptors (Lipinski definition) is 3. The van der Waals surface area contributed by atoms with E-state index in [0.717, 1.165) is 24.2 Å². The summed E-state index contributed by atoms with van der Waals surface area (Å²) in [5, 5.41) is 9.24. The Morgan fingerprint density at radius 3 is 2.53 bits per heavy atom. The summed E-state index contributed by atoms with van der Waals surface area (Å²) in [6, 6.07) is 11.9. The number of carbonyl (C=O) groups is 1. The molecular formula is C26H30F2O4. The number of aliphatic carboxylic acids is 1. The first-order chi connectivity index (χ1) is 15.4. The Labute approximate surface area is 187 Å². The fourth-order valence-corrected chi connectivity index (χ4v) is 4.84. The minimum absolute atomic E-state index is 0.0237. The van der Waals surface area contributed by atoms with Gasteiger partial charge < -0.3 is 14.6 Å². The van der Waals surface area contributed by atoms with E-state index in [2.05, 4.69) is 0 Å². The zero-order valence-electron chi connectivity index (χ0n) is 18.4. The molecule has 2 aliphatic carbocycles. The van der Waals surface area contributed by atoms with Crippen LogP contribution in [-0.4, -0.2) is 24.8 Å². The van der Waals surface area contributed by atoms with Crippen molar-refractivity contribution in [2.75, 3.05) is 13.7 Å². The number of alkyl halides is 1. The van der Waals surface area contributed by atoms with Crippen LogP contribution in [-0.2, 0) is 10.5 Å². The molecule has 0 saturated heterocycles. The van der Waals surface area contributed by atoms with Gasteiger partial charge >= 0.3 is 5.97 Å². The molecule has 0 heterocycles. The minimum atomic E-state index is -1.69. The Balaban J connectivity index is 1.35. The summed E-state index contributed by atoms with van der Waals surface area (Å²) in [5.74, 6) is 0.508. The second-order valence-electron chi connectivity index (χ2n) is 9.18. The van der Waals surface area contributed by atoms with Crippen LogP contribution in [0.3, 0.4) is 0 Å². The summed E-state index contributed by atoms with van der Waals surface area (Å²) in [7, 11) is 1.49. The maximum Gasteiger partial charge on any atom is 0.303 e. The molecule has 0 spiro atoms. The van der Waals surface area contributed by atoms with Gasteiger partial charge in [-0.05, 0) is 92.2 Å². The Morgan fingerprint density at radius 2 is 1.88 bits per heavy atom. The van der Waals surface area contributed by atoms with Crippen molar-refractivity contribution in [1.82, 2.24) is 0 Å². The molecule has 0 aromatic heterocycles. The standard InChI is InChI=1S/C26H30F2O4/c1-31-20-7-8-24(27)23(14-20)26(28)11-9-17(10-12-26)16-32-21-4-2-3-19(13-21)22(15-25(29)30)18-5-6-18/h2-4,7-8,13-14,17-18,22H,5-6,9-12,15-16H2,1H3,(H,29,30)/t17-,22-,26+/m0/s1. The molecule has 4 rings (SSSR count). The lowest BCUT2D eigenvalue weighted by Gasteiger charge is -2.34. The predicted octanol–water partition coefficient (Wildman–Crippen LogP) is 6.24. The Kier molecular flexibility index (Phi) is 6.68. The highest BCUT2D eigenvalue weighted by molar-refractivity contribution is 5.68. The molecule has 2 aromatic carbocycles. The third-order valence-corrected chi connectivity index (χ3v) is 6.91. The van der Waals surface area contributed by atoms with Crippen molar-refractivity contribution in [3.05, 3.63) is 59.4 Å². The van der Waals surface area contributed by atoms with E-state index >= 15 is 4.39 Å². The van der Waals surface area contributed by atoms with Crippen LogP contribution in [0, 0.1) is 17.7 Å². The zero-order valence-corrected chi connectivity index (χ0v) is 18.4. The van der Waals surface area contributed by atoms with Crippen LogP contribution in [0.5, 0.6) is 11.5 Å². The number of methoxy groups -OCH3 is 1. The maximum absolute atomic E-state index is 15.6. The number of ether oxygens (including phenoxy) is 2. The van der Waals surface area contributed by atoms with E-state index < -0.39 is 17.5 Å². The fraction of sp³-hybridized carbons (Fsp3) is 0.500. The Hall–Kier alpha value is -2.63. The third-order valence-electron chi connectivity index (χ3n) is 6.91. The molecule has 2 aromatic rings. The number of rotatable bonds is 9. The highest BCUT2D eigenvalue weighted by Crippen LogP contribution is 2.46. The predicted molar refractivity (Wildman–Crippen MR) is 117 cm³/mol. The lowest BCUT2D eigenvalue weighted by molar-refractivity contribution is -0.137. The number of benzene rings is 2. The normalized spacial score (nSPS) is 24.0. The van der Waals surface area contributed by atoms with Gasteiger partial charge in [-0.2, -0.15) is 0 Å². The van der Waals surface area contributed by atoms with E-state index in [4.69, 9.17) is 9.47 Å². The van der Waals surface area contributed by atoms with Crippen molar-refractivity contribution in [2.45, 2.75) is 56.5 Å². The average Bonchev–Trinajstić information content (AvgIpc) is 3.63. The van der Waals surface area contributed by atoms with Crippen LogP contribution in [0.25, 0.3) is 0 Å². The van der Waals surface area contributed by atoms with Gasteiger partial charge in [0, 0.05) is 5.56 Å². The summed E-state index contributed by atoms with van der Waals surface area (Å²) in [4.78, 5) is 11.3. The summed E-state index contributed by atoms with van der Waals surface area (Å²) in [6.45, 7) is 0.465. The van der Waals surface area contributed by atoms with Crippen LogP contribution in [0.1, 0.15) is 62.0 Å². The van der Waals surface area contributed by atoms with Crippen LogP contribution >= 0.6 is 0 Å². The molecule has 0 bridgehead atoms. The lowest BCUT2D eigenvalue weighted by Crippen LogP contribution is -2.30. The Morgan fingerprint density at radius 1 is 1.12 bits per heavy atom. The van der Waals surface area contributed by atoms with E-state index in [-0.39, 0.29) is 36.7 Å². The van der Waals surface area contributed by atoms with Gasteiger partial charge in [0.15, 0.2) is 0 Å². The second kappa shape index (κ2) is 9.47. The van der Waals surface area contributed by atoms with Crippen molar-refractivity contribution in [3.63, 3.8) is 0 Å². The highest BCUT2D eigenvalue weighted by atomic mass is 19.1. The van der Waals surface area contributed by atoms with Crippen LogP contribution in [0.4, 0.5) is 8.78 Å². The van der Waals surface area contributed by atoms with Gasteiger partial charge in [-0.3, -0.25) is 4.79 Å². The van der Waals surface area contributed by atoms with Gasteiger partial charge in [-0.15, -0.1) is 0 Å². The largest absolute Gasteiger partial charge is 0.497 e. The fourth-order valence-electron chi connectivity index (χ4n) is 4.84. The van der Waals surface area contributed by atoms with Gasteiger partial charge in [0.25, 0.3) is 0 Å². The van der Waals surface area contributed by atoms with Crippen LogP contribution in [0.15, 0.2) is 42.5 Å². The van der Waals surface area contributed by atoms with Gasteiger partial charge in [-0.25, -0.2) is 8.78 Å². The van der Waals surface area contributed by atoms with Gasteiger partial charge in [0.2, 0.25) is 0 Å². The molecule has 1 atom stereocenters. The molecule has 172 valence electrons. The monoisotopic (exact) mass is 444 g/mol. The SMILES string of the molecule is COc1ccc(F)c([C@]2(F)CC[C@@H](COc3cccc([C@@H](CC(=O)O)C4CC4)c3)CC2)c1. The molecule has 0 radical (unpaired) electrons. The average molecular weight is 445 g/mol. The molecule has 0 amide bonds. The number of hydrogen-bond donors (Lipinski definition) is 1. The van der Waals surface area contributed by atoms with Gasteiger partial charge in [0.05, 0.1) is 20.1 Å². The van der Waals surface area contributed by atoms with Crippen LogP contribution in [0.2, 0.25) is 0 Å². The van der Waals surface area contributed by atoms with Gasteiger partial charge in [-0.1, -0.05) is 12.1 Å². The molecule has 4 nitrogen and oxygen atoms in total. The number of carboxylic acid groups (broad SMARTS) is 1. The maximum atomic E-state index is 15.6. The summed E-state index contributed by atoms with van der Waals surface area (Å²) in [6.07, 6.45) is 3.98. The minimum Gasteiger partial charge on any atom is -0.497 e. The van der Waals surface area contributed by atoms with E-state index in [1.54, 1.807) is 0 Å². The summed E-state index contributed by atoms with van der Waals surface area (Å²) >= 11 is 0. The highest BCUT2D eigenvalue weighted by Gasteiger charge is 2.39. The summed E-state index contributed by atoms with van der Waals surface area (Å²) in [5.41, 5.74) is -0.607. The van der Waals surface area contributed by atoms with Crippen molar-refractivity contribution in [3.8, 4) is 11.5 Å². The van der Waals surface area contributed by atoms with E-state index in [1.165, 1.54) is 25.3 Å². The van der Waals surface area contributed by atoms with Crippen LogP contribution < -0.4 is 9.47 Å². The van der Waals surface area contributed by atoms with Crippen molar-refractivity contribution >= 4 is 5.97 Å². The second-order valence-corrected chi connectivity index (χ2v) is 9.18. The number of halogens is 2. The molecule has 2 saturated carbocycles. The molecule has 1 N–H and O–H groups in total. The third kappa shape index (κ3) is 5.22. The molecule has 2 fully saturated rings. The molecule has 2 aliphatic rings. The molecule has 6 heteroatoms. The molecule has 0 aliphatic heterocycles. The first-order valence-corrected chi connectivity index (χ1v) is 11.4. The summed E-state index contributed by atoms with van der Waals surface area (Å²) < 4.78 is 41.0. The van der Waals surface area contributed by atoms with Crippen molar-refractivity contribution in [2.24, 2.45) is 11.8 Å². The van der Waals surface area contributed by atoms with E-state index in [1.807, 2.05) is 24.3 Å². The molecule has 0 unspecified atom stereocenters. The zero-order chi connectivity index (χ0) is 22.7.